The van der Waals surface area contributed by atoms with Crippen LogP contribution in [0.1, 0.15) is 16.7 Å². The molecule has 0 unspecified atom stereocenters. The number of nitrogens with zero attached hydrogens (tertiary/aromatic N) is 3. The maximum absolute atomic E-state index is 13.2. The molecule has 1 heterocycles. The van der Waals surface area contributed by atoms with E-state index in [-0.39, 0.29) is 11.5 Å². The van der Waals surface area contributed by atoms with Crippen molar-refractivity contribution in [3.63, 3.8) is 0 Å². The van der Waals surface area contributed by atoms with Crippen LogP contribution in [0.4, 0.5) is 5.69 Å². The Balaban J connectivity index is 1.48. The fourth-order valence-electron chi connectivity index (χ4n) is 4.00. The van der Waals surface area contributed by atoms with Gasteiger partial charge in [0.25, 0.3) is 5.91 Å². The Kier molecular flexibility index (Phi) is 7.66. The van der Waals surface area contributed by atoms with Crippen molar-refractivity contribution in [3.8, 4) is 11.8 Å². The third-order valence-corrected chi connectivity index (χ3v) is 6.28. The summed E-state index contributed by atoms with van der Waals surface area (Å²) in [5, 5.41) is 9.79. The van der Waals surface area contributed by atoms with E-state index in [9.17, 15) is 10.1 Å². The highest BCUT2D eigenvalue weighted by Crippen LogP contribution is 2.27. The van der Waals surface area contributed by atoms with Crippen LogP contribution in [-0.4, -0.2) is 37.0 Å². The first-order valence-electron chi connectivity index (χ1n) is 11.2. The summed E-state index contributed by atoms with van der Waals surface area (Å²) in [4.78, 5) is 17.2. The van der Waals surface area contributed by atoms with Gasteiger partial charge in [-0.2, -0.15) is 5.26 Å². The van der Waals surface area contributed by atoms with Crippen molar-refractivity contribution >= 4 is 33.6 Å². The first-order chi connectivity index (χ1) is 16.5. The molecule has 1 aliphatic heterocycles. The number of carbonyl (C=O) groups excluding carboxylic acids is 1. The molecule has 1 saturated heterocycles. The number of hydrogen-bond donors (Lipinski definition) is 0. The molecule has 0 N–H and O–H groups in total. The number of amides is 1. The van der Waals surface area contributed by atoms with Crippen LogP contribution in [0.25, 0.3) is 6.08 Å². The number of benzene rings is 3. The Labute approximate surface area is 209 Å². The van der Waals surface area contributed by atoms with E-state index in [4.69, 9.17) is 4.74 Å². The number of nitriles is 1. The molecule has 3 aromatic carbocycles. The maximum Gasteiger partial charge on any atom is 0.264 e. The molecule has 34 heavy (non-hydrogen) atoms. The molecular weight excluding hydrogens is 490 g/mol. The molecule has 1 fully saturated rings. The Morgan fingerprint density at radius 3 is 2.50 bits per heavy atom. The monoisotopic (exact) mass is 515 g/mol. The van der Waals surface area contributed by atoms with E-state index in [0.29, 0.717) is 31.0 Å². The van der Waals surface area contributed by atoms with E-state index >= 15 is 0 Å². The molecule has 1 amide bonds. The summed E-state index contributed by atoms with van der Waals surface area (Å²) in [6.07, 6.45) is 1.63. The number of rotatable bonds is 6. The van der Waals surface area contributed by atoms with Crippen LogP contribution in [0.5, 0.6) is 5.75 Å². The molecule has 0 radical (unpaired) electrons. The summed E-state index contributed by atoms with van der Waals surface area (Å²) in [7, 11) is 0. The highest BCUT2D eigenvalue weighted by molar-refractivity contribution is 9.10. The van der Waals surface area contributed by atoms with Crippen LogP contribution in [-0.2, 0) is 11.4 Å². The van der Waals surface area contributed by atoms with Crippen LogP contribution in [0.2, 0.25) is 0 Å². The molecule has 172 valence electrons. The topological polar surface area (TPSA) is 56.6 Å². The second kappa shape index (κ2) is 11.0. The van der Waals surface area contributed by atoms with Gasteiger partial charge < -0.3 is 14.5 Å². The third-order valence-electron chi connectivity index (χ3n) is 5.79. The van der Waals surface area contributed by atoms with Crippen molar-refractivity contribution in [1.82, 2.24) is 4.90 Å². The van der Waals surface area contributed by atoms with E-state index in [1.807, 2.05) is 61.5 Å². The first kappa shape index (κ1) is 23.6. The third kappa shape index (κ3) is 5.86. The summed E-state index contributed by atoms with van der Waals surface area (Å²) in [5.41, 5.74) is 4.17. The predicted molar refractivity (Wildman–Crippen MR) is 138 cm³/mol. The summed E-state index contributed by atoms with van der Waals surface area (Å²) >= 11 is 3.49. The molecule has 0 atom stereocenters. The van der Waals surface area contributed by atoms with Crippen LogP contribution in [0.3, 0.4) is 0 Å². The molecular formula is C28H26BrN3O2. The molecule has 4 rings (SSSR count). The molecule has 0 bridgehead atoms. The van der Waals surface area contributed by atoms with Crippen LogP contribution in [0.15, 0.2) is 82.8 Å². The minimum absolute atomic E-state index is 0.103. The van der Waals surface area contributed by atoms with E-state index in [2.05, 4.69) is 45.1 Å². The molecule has 5 nitrogen and oxygen atoms in total. The van der Waals surface area contributed by atoms with Gasteiger partial charge in [0, 0.05) is 41.9 Å². The number of anilines is 1. The summed E-state index contributed by atoms with van der Waals surface area (Å²) < 4.78 is 6.91. The van der Waals surface area contributed by atoms with Gasteiger partial charge in [-0.3, -0.25) is 4.79 Å². The van der Waals surface area contributed by atoms with Crippen molar-refractivity contribution in [2.24, 2.45) is 0 Å². The Morgan fingerprint density at radius 2 is 1.79 bits per heavy atom. The van der Waals surface area contributed by atoms with Crippen molar-refractivity contribution in [2.75, 3.05) is 31.1 Å². The Morgan fingerprint density at radius 1 is 1.03 bits per heavy atom. The van der Waals surface area contributed by atoms with Crippen molar-refractivity contribution in [2.45, 2.75) is 13.5 Å². The maximum atomic E-state index is 13.2. The average Bonchev–Trinajstić information content (AvgIpc) is 2.87. The summed E-state index contributed by atoms with van der Waals surface area (Å²) in [6.45, 7) is 5.06. The molecule has 3 aromatic rings. The molecule has 0 aromatic heterocycles. The van der Waals surface area contributed by atoms with Crippen LogP contribution < -0.4 is 9.64 Å². The lowest BCUT2D eigenvalue weighted by Crippen LogP contribution is -2.49. The van der Waals surface area contributed by atoms with Gasteiger partial charge in [-0.25, -0.2) is 0 Å². The average molecular weight is 516 g/mol. The van der Waals surface area contributed by atoms with E-state index in [1.165, 1.54) is 5.56 Å². The number of aryl methyl sites for hydroxylation is 1. The van der Waals surface area contributed by atoms with Gasteiger partial charge in [-0.1, -0.05) is 64.0 Å². The first-order valence-corrected chi connectivity index (χ1v) is 12.0. The number of piperazine rings is 1. The fourth-order valence-corrected chi connectivity index (χ4v) is 4.38. The number of carbonyl (C=O) groups is 1. The number of hydrogen-bond acceptors (Lipinski definition) is 4. The number of ether oxygens (including phenoxy) is 1. The van der Waals surface area contributed by atoms with Crippen molar-refractivity contribution in [3.05, 3.63) is 99.5 Å². The van der Waals surface area contributed by atoms with Gasteiger partial charge in [-0.15, -0.1) is 0 Å². The smallest absolute Gasteiger partial charge is 0.264 e. The number of halogens is 1. The van der Waals surface area contributed by atoms with Crippen LogP contribution in [0, 0.1) is 18.3 Å². The van der Waals surface area contributed by atoms with E-state index in [1.54, 1.807) is 11.0 Å². The SMILES string of the molecule is Cc1cccc(COc2ccc(Br)cc2/C=C(/C#N)C(=O)N2CCN(c3ccccc3)CC2)c1. The van der Waals surface area contributed by atoms with E-state index in [0.717, 1.165) is 28.8 Å². The highest BCUT2D eigenvalue weighted by Gasteiger charge is 2.24. The highest BCUT2D eigenvalue weighted by atomic mass is 79.9. The summed E-state index contributed by atoms with van der Waals surface area (Å²) in [5.74, 6) is 0.374. The fraction of sp³-hybridized carbons (Fsp3) is 0.214. The predicted octanol–water partition coefficient (Wildman–Crippen LogP) is 5.59. The van der Waals surface area contributed by atoms with Gasteiger partial charge in [0.05, 0.1) is 0 Å². The quantitative estimate of drug-likeness (QED) is 0.317. The molecule has 0 aliphatic carbocycles. The van der Waals surface area contributed by atoms with Gasteiger partial charge in [0.2, 0.25) is 0 Å². The Hall–Kier alpha value is -3.56. The van der Waals surface area contributed by atoms with Gasteiger partial charge in [0.15, 0.2) is 0 Å². The van der Waals surface area contributed by atoms with Gasteiger partial charge >= 0.3 is 0 Å². The minimum atomic E-state index is -0.250. The van der Waals surface area contributed by atoms with Crippen LogP contribution >= 0.6 is 15.9 Å². The van der Waals surface area contributed by atoms with Gasteiger partial charge in [-0.05, 0) is 48.9 Å². The normalized spacial score (nSPS) is 14.0. The van der Waals surface area contributed by atoms with E-state index < -0.39 is 0 Å². The lowest BCUT2D eigenvalue weighted by atomic mass is 10.1. The lowest BCUT2D eigenvalue weighted by molar-refractivity contribution is -0.126. The van der Waals surface area contributed by atoms with Crippen molar-refractivity contribution < 1.29 is 9.53 Å². The largest absolute Gasteiger partial charge is 0.488 e. The standard InChI is InChI=1S/C28H26BrN3O2/c1-21-6-5-7-22(16-21)20-34-27-11-10-25(29)18-23(27)17-24(19-30)28(33)32-14-12-31(13-15-32)26-8-3-2-4-9-26/h2-11,16-18H,12-15,20H2,1H3/b24-17-. The van der Waals surface area contributed by atoms with Crippen molar-refractivity contribution in [1.29, 1.82) is 5.26 Å². The van der Waals surface area contributed by atoms with Gasteiger partial charge in [0.1, 0.15) is 24.0 Å². The minimum Gasteiger partial charge on any atom is -0.488 e. The summed E-state index contributed by atoms with van der Waals surface area (Å²) in [6, 6.07) is 26.0. The molecule has 0 spiro atoms. The lowest BCUT2D eigenvalue weighted by Gasteiger charge is -2.36. The second-order valence-corrected chi connectivity index (χ2v) is 9.16. The molecule has 0 saturated carbocycles. The Bertz CT molecular complexity index is 1230. The zero-order chi connectivity index (χ0) is 23.9. The zero-order valence-corrected chi connectivity index (χ0v) is 20.7. The molecule has 6 heteroatoms. The second-order valence-electron chi connectivity index (χ2n) is 8.24. The molecule has 1 aliphatic rings. The number of para-hydroxylation sites is 1. The zero-order valence-electron chi connectivity index (χ0n) is 19.1.